The monoisotopic (exact) mass is 280 g/mol. The second-order valence-electron chi connectivity index (χ2n) is 6.40. The lowest BCUT2D eigenvalue weighted by Gasteiger charge is -2.38. The number of halogens is 1. The van der Waals surface area contributed by atoms with Crippen molar-refractivity contribution in [2.45, 2.75) is 31.9 Å². The fourth-order valence-electron chi connectivity index (χ4n) is 3.52. The smallest absolute Gasteiger partial charge is 0.245 e. The number of alkyl halides is 1. The average Bonchev–Trinajstić information content (AvgIpc) is 3.05. The number of rotatable bonds is 2. The summed E-state index contributed by atoms with van der Waals surface area (Å²) in [6.07, 6.45) is 3.70. The summed E-state index contributed by atoms with van der Waals surface area (Å²) in [5.41, 5.74) is 0.147. The van der Waals surface area contributed by atoms with E-state index in [2.05, 4.69) is 6.58 Å². The van der Waals surface area contributed by atoms with Gasteiger partial charge in [0, 0.05) is 26.2 Å². The molecule has 3 rings (SSSR count). The van der Waals surface area contributed by atoms with Crippen molar-refractivity contribution >= 4 is 11.8 Å². The third kappa shape index (κ3) is 2.34. The van der Waals surface area contributed by atoms with Crippen molar-refractivity contribution in [3.8, 4) is 0 Å². The second kappa shape index (κ2) is 4.86. The highest BCUT2D eigenvalue weighted by molar-refractivity contribution is 5.87. The molecule has 5 heteroatoms. The fourth-order valence-corrected chi connectivity index (χ4v) is 3.52. The zero-order chi connectivity index (χ0) is 14.3. The molecule has 1 saturated carbocycles. The van der Waals surface area contributed by atoms with Crippen LogP contribution in [0.4, 0.5) is 4.39 Å². The normalized spacial score (nSPS) is 31.4. The van der Waals surface area contributed by atoms with Crippen LogP contribution in [0.3, 0.4) is 0 Å². The molecule has 1 spiro atoms. The van der Waals surface area contributed by atoms with E-state index in [0.29, 0.717) is 6.42 Å². The molecule has 0 N–H and O–H groups in total. The van der Waals surface area contributed by atoms with Crippen molar-refractivity contribution in [3.05, 3.63) is 12.7 Å². The van der Waals surface area contributed by atoms with Crippen molar-refractivity contribution in [2.24, 2.45) is 11.3 Å². The summed E-state index contributed by atoms with van der Waals surface area (Å²) in [6, 6.07) is 0. The zero-order valence-corrected chi connectivity index (χ0v) is 11.7. The molecular formula is C15H21FN2O2. The molecule has 1 aliphatic carbocycles. The van der Waals surface area contributed by atoms with Crippen LogP contribution in [0.1, 0.15) is 25.7 Å². The minimum atomic E-state index is -0.911. The zero-order valence-electron chi connectivity index (χ0n) is 11.7. The van der Waals surface area contributed by atoms with Crippen molar-refractivity contribution < 1.29 is 14.0 Å². The molecule has 2 atom stereocenters. The number of piperidine rings is 1. The standard InChI is InChI=1S/C15H21FN2O2/c1-2-13(19)17-6-3-15(4-7-17)5-8-18(10-15)14(20)11-9-12(11)16/h2,11-12H,1,3-10H2/t11-,12+/m0/s1. The lowest BCUT2D eigenvalue weighted by atomic mass is 9.78. The van der Waals surface area contributed by atoms with E-state index in [9.17, 15) is 14.0 Å². The number of nitrogens with zero attached hydrogens (tertiary/aromatic N) is 2. The molecule has 2 heterocycles. The Kier molecular flexibility index (Phi) is 3.30. The van der Waals surface area contributed by atoms with Crippen LogP contribution >= 0.6 is 0 Å². The van der Waals surface area contributed by atoms with Crippen LogP contribution in [-0.4, -0.2) is 54.0 Å². The van der Waals surface area contributed by atoms with Gasteiger partial charge in [-0.25, -0.2) is 4.39 Å². The lowest BCUT2D eigenvalue weighted by Crippen LogP contribution is -2.44. The van der Waals surface area contributed by atoms with Gasteiger partial charge in [0.15, 0.2) is 0 Å². The molecule has 0 unspecified atom stereocenters. The topological polar surface area (TPSA) is 40.6 Å². The molecular weight excluding hydrogens is 259 g/mol. The second-order valence-corrected chi connectivity index (χ2v) is 6.40. The lowest BCUT2D eigenvalue weighted by molar-refractivity contribution is -0.133. The van der Waals surface area contributed by atoms with E-state index in [0.717, 1.165) is 45.4 Å². The minimum absolute atomic E-state index is 0.000951. The molecule has 3 fully saturated rings. The van der Waals surface area contributed by atoms with Gasteiger partial charge in [0.1, 0.15) is 6.17 Å². The molecule has 0 aromatic heterocycles. The molecule has 2 saturated heterocycles. The van der Waals surface area contributed by atoms with Crippen LogP contribution < -0.4 is 0 Å². The largest absolute Gasteiger partial charge is 0.342 e. The van der Waals surface area contributed by atoms with Gasteiger partial charge in [0.25, 0.3) is 0 Å². The van der Waals surface area contributed by atoms with Crippen LogP contribution in [0.5, 0.6) is 0 Å². The van der Waals surface area contributed by atoms with Crippen molar-refractivity contribution in [3.63, 3.8) is 0 Å². The van der Waals surface area contributed by atoms with Crippen molar-refractivity contribution in [2.75, 3.05) is 26.2 Å². The highest BCUT2D eigenvalue weighted by Crippen LogP contribution is 2.43. The first kappa shape index (κ1) is 13.6. The summed E-state index contributed by atoms with van der Waals surface area (Å²) < 4.78 is 13.0. The van der Waals surface area contributed by atoms with Gasteiger partial charge in [-0.05, 0) is 37.2 Å². The molecule has 0 aromatic rings. The Morgan fingerprint density at radius 1 is 1.15 bits per heavy atom. The van der Waals surface area contributed by atoms with Crippen LogP contribution in [-0.2, 0) is 9.59 Å². The predicted molar refractivity (Wildman–Crippen MR) is 72.6 cm³/mol. The number of hydrogen-bond donors (Lipinski definition) is 0. The van der Waals surface area contributed by atoms with Crippen molar-refractivity contribution in [1.82, 2.24) is 9.80 Å². The summed E-state index contributed by atoms with van der Waals surface area (Å²) >= 11 is 0. The van der Waals surface area contributed by atoms with E-state index in [1.54, 1.807) is 0 Å². The number of likely N-dealkylation sites (tertiary alicyclic amines) is 2. The molecule has 0 bridgehead atoms. The van der Waals surface area contributed by atoms with Gasteiger partial charge in [-0.1, -0.05) is 6.58 Å². The molecule has 2 amide bonds. The van der Waals surface area contributed by atoms with E-state index in [-0.39, 0.29) is 23.1 Å². The third-order valence-corrected chi connectivity index (χ3v) is 5.09. The van der Waals surface area contributed by atoms with E-state index < -0.39 is 6.17 Å². The first-order valence-corrected chi connectivity index (χ1v) is 7.39. The molecule has 0 radical (unpaired) electrons. The SMILES string of the molecule is C=CC(=O)N1CCC2(CC1)CCN(C(=O)[C@H]1C[C@H]1F)C2. The van der Waals surface area contributed by atoms with Gasteiger partial charge in [0.2, 0.25) is 11.8 Å². The summed E-state index contributed by atoms with van der Waals surface area (Å²) in [7, 11) is 0. The van der Waals surface area contributed by atoms with Gasteiger partial charge < -0.3 is 9.80 Å². The Bertz CT molecular complexity index is 443. The van der Waals surface area contributed by atoms with Crippen LogP contribution in [0.25, 0.3) is 0 Å². The Balaban J connectivity index is 1.56. The van der Waals surface area contributed by atoms with E-state index in [4.69, 9.17) is 0 Å². The fraction of sp³-hybridized carbons (Fsp3) is 0.733. The minimum Gasteiger partial charge on any atom is -0.342 e. The van der Waals surface area contributed by atoms with Gasteiger partial charge in [-0.3, -0.25) is 9.59 Å². The first-order valence-electron chi connectivity index (χ1n) is 7.39. The first-order chi connectivity index (χ1) is 9.54. The van der Waals surface area contributed by atoms with Gasteiger partial charge >= 0.3 is 0 Å². The van der Waals surface area contributed by atoms with E-state index >= 15 is 0 Å². The molecule has 0 aromatic carbocycles. The van der Waals surface area contributed by atoms with Gasteiger partial charge in [-0.15, -0.1) is 0 Å². The van der Waals surface area contributed by atoms with Crippen LogP contribution in [0.15, 0.2) is 12.7 Å². The Morgan fingerprint density at radius 2 is 1.70 bits per heavy atom. The Hall–Kier alpha value is -1.39. The summed E-state index contributed by atoms with van der Waals surface area (Å²) in [5, 5.41) is 0. The molecule has 20 heavy (non-hydrogen) atoms. The Morgan fingerprint density at radius 3 is 2.20 bits per heavy atom. The number of hydrogen-bond acceptors (Lipinski definition) is 2. The summed E-state index contributed by atoms with van der Waals surface area (Å²) in [4.78, 5) is 27.3. The van der Waals surface area contributed by atoms with Gasteiger partial charge in [0.05, 0.1) is 5.92 Å². The third-order valence-electron chi connectivity index (χ3n) is 5.09. The number of carbonyl (C=O) groups excluding carboxylic acids is 2. The maximum absolute atomic E-state index is 13.0. The maximum Gasteiger partial charge on any atom is 0.245 e. The number of amides is 2. The molecule has 2 aliphatic heterocycles. The van der Waals surface area contributed by atoms with Crippen LogP contribution in [0, 0.1) is 11.3 Å². The van der Waals surface area contributed by atoms with Crippen LogP contribution in [0.2, 0.25) is 0 Å². The highest BCUT2D eigenvalue weighted by Gasteiger charge is 2.49. The predicted octanol–water partition coefficient (Wildman–Crippen LogP) is 1.37. The summed E-state index contributed by atoms with van der Waals surface area (Å²) in [5.74, 6) is -0.379. The highest BCUT2D eigenvalue weighted by atomic mass is 19.1. The maximum atomic E-state index is 13.0. The quantitative estimate of drug-likeness (QED) is 0.717. The Labute approximate surface area is 118 Å². The molecule has 4 nitrogen and oxygen atoms in total. The molecule has 110 valence electrons. The average molecular weight is 280 g/mol. The summed E-state index contributed by atoms with van der Waals surface area (Å²) in [6.45, 7) is 6.48. The van der Waals surface area contributed by atoms with E-state index in [1.807, 2.05) is 9.80 Å². The van der Waals surface area contributed by atoms with Crippen molar-refractivity contribution in [1.29, 1.82) is 0 Å². The van der Waals surface area contributed by atoms with Gasteiger partial charge in [-0.2, -0.15) is 0 Å². The molecule has 3 aliphatic rings. The number of carbonyl (C=O) groups is 2. The van der Waals surface area contributed by atoms with E-state index in [1.165, 1.54) is 6.08 Å².